The molecular weight excluding hydrogens is 521 g/mol. The van der Waals surface area contributed by atoms with Gasteiger partial charge >= 0.3 is 0 Å². The van der Waals surface area contributed by atoms with Gasteiger partial charge in [0.1, 0.15) is 0 Å². The van der Waals surface area contributed by atoms with E-state index >= 15 is 0 Å². The van der Waals surface area contributed by atoms with Gasteiger partial charge in [0.15, 0.2) is 23.3 Å². The van der Waals surface area contributed by atoms with Crippen LogP contribution in [0.1, 0.15) is 55.8 Å². The Morgan fingerprint density at radius 3 is 2.50 bits per heavy atom. The maximum absolute atomic E-state index is 5.56. The van der Waals surface area contributed by atoms with Crippen LogP contribution in [0.25, 0.3) is 0 Å². The molecule has 0 radical (unpaired) electrons. The van der Waals surface area contributed by atoms with Gasteiger partial charge in [0.05, 0.1) is 14.2 Å². The zero-order chi connectivity index (χ0) is 22.1. The van der Waals surface area contributed by atoms with E-state index in [-0.39, 0.29) is 29.4 Å². The van der Waals surface area contributed by atoms with Gasteiger partial charge in [-0.1, -0.05) is 30.5 Å². The third kappa shape index (κ3) is 6.73. The first-order valence-electron chi connectivity index (χ1n) is 11.1. The largest absolute Gasteiger partial charge is 0.493 e. The molecule has 32 heavy (non-hydrogen) atoms. The predicted molar refractivity (Wildman–Crippen MR) is 136 cm³/mol. The molecule has 3 rings (SSSR count). The van der Waals surface area contributed by atoms with Crippen molar-refractivity contribution in [3.05, 3.63) is 35.5 Å². The number of hydrogen-bond donors (Lipinski definition) is 2. The fourth-order valence-corrected chi connectivity index (χ4v) is 4.32. The second kappa shape index (κ2) is 12.9. The lowest BCUT2D eigenvalue weighted by Gasteiger charge is -2.38. The summed E-state index contributed by atoms with van der Waals surface area (Å²) in [6.45, 7) is 3.44. The van der Waals surface area contributed by atoms with Crippen LogP contribution in [0.3, 0.4) is 0 Å². The third-order valence-corrected chi connectivity index (χ3v) is 6.05. The van der Waals surface area contributed by atoms with Gasteiger partial charge in [-0.3, -0.25) is 4.99 Å². The number of aromatic nitrogens is 2. The summed E-state index contributed by atoms with van der Waals surface area (Å²) in [5, 5.41) is 10.8. The fraction of sp³-hybridized carbons (Fsp3) is 0.609. The van der Waals surface area contributed by atoms with Crippen molar-refractivity contribution in [2.75, 3.05) is 34.4 Å². The number of nitrogens with zero attached hydrogens (tertiary/aromatic N) is 3. The summed E-state index contributed by atoms with van der Waals surface area (Å²) in [6, 6.07) is 6.32. The maximum atomic E-state index is 5.56. The predicted octanol–water partition coefficient (Wildman–Crippen LogP) is 4.01. The second-order valence-electron chi connectivity index (χ2n) is 8.10. The third-order valence-electron chi connectivity index (χ3n) is 6.05. The van der Waals surface area contributed by atoms with Crippen LogP contribution in [0, 0.1) is 6.92 Å². The molecule has 1 heterocycles. The van der Waals surface area contributed by atoms with Gasteiger partial charge in [-0.05, 0) is 43.9 Å². The molecule has 1 aliphatic carbocycles. The highest BCUT2D eigenvalue weighted by atomic mass is 127. The Hall–Kier alpha value is -2.04. The standard InChI is InChI=1S/C23H35N5O3.HI/c1-17-27-21(31-28-17)9-8-14-25-22(24-2)26-16-23(12-6-5-7-13-23)18-10-11-19(29-3)20(15-18)30-4;/h10-11,15H,5-9,12-14,16H2,1-4H3,(H2,24,25,26);1H. The Morgan fingerprint density at radius 1 is 1.12 bits per heavy atom. The molecule has 1 aliphatic rings. The number of benzene rings is 1. The van der Waals surface area contributed by atoms with Crippen molar-refractivity contribution < 1.29 is 14.0 Å². The number of rotatable bonds is 9. The van der Waals surface area contributed by atoms with Gasteiger partial charge in [0.25, 0.3) is 0 Å². The Kier molecular flexibility index (Phi) is 10.5. The molecule has 2 aromatic rings. The summed E-state index contributed by atoms with van der Waals surface area (Å²) in [6.07, 6.45) is 7.67. The van der Waals surface area contributed by atoms with Crippen molar-refractivity contribution in [2.24, 2.45) is 4.99 Å². The van der Waals surface area contributed by atoms with Gasteiger partial charge in [-0.2, -0.15) is 4.98 Å². The average molecular weight is 557 g/mol. The van der Waals surface area contributed by atoms with Crippen molar-refractivity contribution in [3.8, 4) is 11.5 Å². The molecule has 0 aliphatic heterocycles. The van der Waals surface area contributed by atoms with Crippen LogP contribution in [0.15, 0.2) is 27.7 Å². The minimum absolute atomic E-state index is 0. The molecule has 9 heteroatoms. The van der Waals surface area contributed by atoms with Gasteiger partial charge in [0.2, 0.25) is 5.89 Å². The molecule has 1 fully saturated rings. The van der Waals surface area contributed by atoms with Crippen molar-refractivity contribution in [1.82, 2.24) is 20.8 Å². The highest BCUT2D eigenvalue weighted by Gasteiger charge is 2.34. The lowest BCUT2D eigenvalue weighted by Crippen LogP contribution is -2.46. The van der Waals surface area contributed by atoms with Gasteiger partial charge < -0.3 is 24.6 Å². The van der Waals surface area contributed by atoms with E-state index in [1.165, 1.54) is 24.8 Å². The van der Waals surface area contributed by atoms with E-state index in [0.29, 0.717) is 11.7 Å². The van der Waals surface area contributed by atoms with E-state index in [2.05, 4.69) is 37.9 Å². The Labute approximate surface area is 208 Å². The second-order valence-corrected chi connectivity index (χ2v) is 8.10. The topological polar surface area (TPSA) is 93.8 Å². The van der Waals surface area contributed by atoms with E-state index in [1.54, 1.807) is 21.3 Å². The minimum Gasteiger partial charge on any atom is -0.493 e. The highest BCUT2D eigenvalue weighted by Crippen LogP contribution is 2.42. The Morgan fingerprint density at radius 2 is 1.88 bits per heavy atom. The minimum atomic E-state index is 0. The summed E-state index contributed by atoms with van der Waals surface area (Å²) < 4.78 is 16.2. The van der Waals surface area contributed by atoms with Crippen LogP contribution in [-0.4, -0.2) is 50.5 Å². The van der Waals surface area contributed by atoms with Crippen LogP contribution in [0.2, 0.25) is 0 Å². The SMILES string of the molecule is CN=C(NCCCc1nc(C)no1)NCC1(c2ccc(OC)c(OC)c2)CCCCC1.I. The monoisotopic (exact) mass is 557 g/mol. The lowest BCUT2D eigenvalue weighted by molar-refractivity contribution is 0.288. The fourth-order valence-electron chi connectivity index (χ4n) is 4.32. The first kappa shape index (κ1) is 26.2. The molecule has 0 saturated heterocycles. The summed E-state index contributed by atoms with van der Waals surface area (Å²) in [5.41, 5.74) is 1.34. The van der Waals surface area contributed by atoms with Crippen molar-refractivity contribution in [1.29, 1.82) is 0 Å². The molecule has 0 atom stereocenters. The molecule has 2 N–H and O–H groups in total. The molecule has 1 aromatic heterocycles. The molecule has 1 saturated carbocycles. The van der Waals surface area contributed by atoms with Crippen molar-refractivity contribution >= 4 is 29.9 Å². The maximum Gasteiger partial charge on any atom is 0.226 e. The van der Waals surface area contributed by atoms with Gasteiger partial charge in [-0.25, -0.2) is 0 Å². The van der Waals surface area contributed by atoms with E-state index in [0.717, 1.165) is 56.2 Å². The molecule has 0 amide bonds. The number of methoxy groups -OCH3 is 2. The smallest absolute Gasteiger partial charge is 0.226 e. The summed E-state index contributed by atoms with van der Waals surface area (Å²) in [5.74, 6) is 3.71. The quantitative estimate of drug-likeness (QED) is 0.208. The number of nitrogens with one attached hydrogen (secondary N) is 2. The van der Waals surface area contributed by atoms with E-state index < -0.39 is 0 Å². The average Bonchev–Trinajstić information content (AvgIpc) is 3.23. The Bertz CT molecular complexity index is 865. The zero-order valence-corrected chi connectivity index (χ0v) is 21.9. The molecule has 178 valence electrons. The number of guanidine groups is 1. The number of aliphatic imine (C=N–C) groups is 1. The molecule has 0 bridgehead atoms. The van der Waals surface area contributed by atoms with E-state index in [9.17, 15) is 0 Å². The van der Waals surface area contributed by atoms with Crippen molar-refractivity contribution in [3.63, 3.8) is 0 Å². The molecule has 8 nitrogen and oxygen atoms in total. The van der Waals surface area contributed by atoms with Gasteiger partial charge in [-0.15, -0.1) is 24.0 Å². The number of ether oxygens (including phenoxy) is 2. The Balaban J connectivity index is 0.00000363. The lowest BCUT2D eigenvalue weighted by atomic mass is 9.69. The van der Waals surface area contributed by atoms with Crippen LogP contribution in [-0.2, 0) is 11.8 Å². The summed E-state index contributed by atoms with van der Waals surface area (Å²) in [7, 11) is 5.17. The van der Waals surface area contributed by atoms with Crippen molar-refractivity contribution in [2.45, 2.75) is 57.3 Å². The van der Waals surface area contributed by atoms with Crippen LogP contribution in [0.5, 0.6) is 11.5 Å². The van der Waals surface area contributed by atoms with Crippen LogP contribution < -0.4 is 20.1 Å². The summed E-state index contributed by atoms with van der Waals surface area (Å²) in [4.78, 5) is 8.65. The number of hydrogen-bond acceptors (Lipinski definition) is 6. The van der Waals surface area contributed by atoms with Crippen LogP contribution in [0.4, 0.5) is 0 Å². The van der Waals surface area contributed by atoms with E-state index in [1.807, 2.05) is 13.0 Å². The molecular formula is C23H36IN5O3. The normalized spacial score (nSPS) is 15.6. The number of aryl methyl sites for hydroxylation is 2. The molecule has 0 unspecified atom stereocenters. The first-order valence-corrected chi connectivity index (χ1v) is 11.1. The first-order chi connectivity index (χ1) is 15.1. The van der Waals surface area contributed by atoms with E-state index in [4.69, 9.17) is 14.0 Å². The number of halogens is 1. The molecule has 0 spiro atoms. The highest BCUT2D eigenvalue weighted by molar-refractivity contribution is 14.0. The zero-order valence-electron chi connectivity index (χ0n) is 19.6. The molecule has 1 aromatic carbocycles. The van der Waals surface area contributed by atoms with Crippen LogP contribution >= 0.6 is 24.0 Å². The van der Waals surface area contributed by atoms with Gasteiger partial charge in [0, 0.05) is 32.0 Å². The summed E-state index contributed by atoms with van der Waals surface area (Å²) >= 11 is 0.